The summed E-state index contributed by atoms with van der Waals surface area (Å²) in [6, 6.07) is 8.06. The Kier molecular flexibility index (Phi) is 3.32. The predicted octanol–water partition coefficient (Wildman–Crippen LogP) is 3.76. The van der Waals surface area contributed by atoms with Gasteiger partial charge in [0.15, 0.2) is 0 Å². The van der Waals surface area contributed by atoms with E-state index in [1.54, 1.807) is 0 Å². The van der Waals surface area contributed by atoms with Gasteiger partial charge in [-0.05, 0) is 31.4 Å². The van der Waals surface area contributed by atoms with Crippen LogP contribution >= 0.6 is 11.6 Å². The van der Waals surface area contributed by atoms with Crippen molar-refractivity contribution >= 4 is 11.6 Å². The highest BCUT2D eigenvalue weighted by Gasteiger charge is 2.27. The normalized spacial score (nSPS) is 19.3. The lowest BCUT2D eigenvalue weighted by atomic mass is 10.0. The van der Waals surface area contributed by atoms with Gasteiger partial charge in [-0.3, -0.25) is 0 Å². The minimum Gasteiger partial charge on any atom is -0.307 e. The molecule has 0 amide bonds. The zero-order valence-electron chi connectivity index (χ0n) is 9.22. The van der Waals surface area contributed by atoms with Gasteiger partial charge in [0, 0.05) is 17.1 Å². The molecule has 2 rings (SSSR count). The molecule has 1 aliphatic carbocycles. The van der Waals surface area contributed by atoms with E-state index in [1.165, 1.54) is 31.2 Å². The van der Waals surface area contributed by atoms with Gasteiger partial charge in [0.25, 0.3) is 0 Å². The molecule has 1 aromatic rings. The molecule has 0 unspecified atom stereocenters. The molecule has 0 radical (unpaired) electrons. The summed E-state index contributed by atoms with van der Waals surface area (Å²) in [5.41, 5.74) is 1.53. The van der Waals surface area contributed by atoms with Crippen LogP contribution in [0.4, 0.5) is 0 Å². The molecular weight excluding hydrogens is 206 g/mol. The summed E-state index contributed by atoms with van der Waals surface area (Å²) in [6.07, 6.45) is 5.28. The predicted molar refractivity (Wildman–Crippen MR) is 65.2 cm³/mol. The van der Waals surface area contributed by atoms with E-state index in [4.69, 9.17) is 11.6 Å². The van der Waals surface area contributed by atoms with Gasteiger partial charge in [0.05, 0.1) is 0 Å². The van der Waals surface area contributed by atoms with Gasteiger partial charge >= 0.3 is 0 Å². The van der Waals surface area contributed by atoms with E-state index in [0.717, 1.165) is 11.6 Å². The summed E-state index contributed by atoms with van der Waals surface area (Å²) in [7, 11) is 0. The Morgan fingerprint density at radius 2 is 1.93 bits per heavy atom. The zero-order chi connectivity index (χ0) is 10.7. The summed E-state index contributed by atoms with van der Waals surface area (Å²) >= 11 is 6.12. The van der Waals surface area contributed by atoms with Crippen LogP contribution in [0.5, 0.6) is 0 Å². The van der Waals surface area contributed by atoms with Crippen molar-refractivity contribution in [3.63, 3.8) is 0 Å². The lowest BCUT2D eigenvalue weighted by Crippen LogP contribution is -2.38. The van der Waals surface area contributed by atoms with Gasteiger partial charge < -0.3 is 5.32 Å². The summed E-state index contributed by atoms with van der Waals surface area (Å²) in [4.78, 5) is 0. The minimum absolute atomic E-state index is 0.333. The maximum Gasteiger partial charge on any atom is 0.0450 e. The molecule has 1 aromatic carbocycles. The Balaban J connectivity index is 1.95. The molecule has 1 nitrogen and oxygen atoms in total. The average molecular weight is 224 g/mol. The fraction of sp³-hybridized carbons (Fsp3) is 0.538. The molecule has 0 aromatic heterocycles. The van der Waals surface area contributed by atoms with Crippen molar-refractivity contribution in [1.82, 2.24) is 5.32 Å². The Hall–Kier alpha value is -0.530. The van der Waals surface area contributed by atoms with E-state index < -0.39 is 0 Å². The topological polar surface area (TPSA) is 12.0 Å². The lowest BCUT2D eigenvalue weighted by molar-refractivity contribution is 0.363. The molecule has 0 spiro atoms. The smallest absolute Gasteiger partial charge is 0.0450 e. The zero-order valence-corrected chi connectivity index (χ0v) is 9.98. The minimum atomic E-state index is 0.333. The van der Waals surface area contributed by atoms with E-state index >= 15 is 0 Å². The van der Waals surface area contributed by atoms with Crippen molar-refractivity contribution in [3.05, 3.63) is 34.9 Å². The second-order valence-corrected chi connectivity index (χ2v) is 5.12. The maximum atomic E-state index is 6.12. The fourth-order valence-electron chi connectivity index (χ4n) is 2.28. The van der Waals surface area contributed by atoms with E-state index in [0.29, 0.717) is 5.54 Å². The van der Waals surface area contributed by atoms with Crippen LogP contribution in [0.3, 0.4) is 0 Å². The van der Waals surface area contributed by atoms with Gasteiger partial charge in [0.1, 0.15) is 0 Å². The van der Waals surface area contributed by atoms with E-state index in [1.807, 2.05) is 18.2 Å². The first-order chi connectivity index (χ1) is 7.20. The van der Waals surface area contributed by atoms with Crippen LogP contribution in [0.2, 0.25) is 5.02 Å². The lowest BCUT2D eigenvalue weighted by Gasteiger charge is -2.25. The molecular formula is C13H18ClN. The summed E-state index contributed by atoms with van der Waals surface area (Å²) in [5.74, 6) is 0. The highest BCUT2D eigenvalue weighted by atomic mass is 35.5. The Bertz CT molecular complexity index is 329. The molecule has 0 heterocycles. The molecule has 0 aliphatic heterocycles. The molecule has 1 aliphatic rings. The largest absolute Gasteiger partial charge is 0.307 e. The van der Waals surface area contributed by atoms with Gasteiger partial charge in [-0.15, -0.1) is 0 Å². The Morgan fingerprint density at radius 3 is 2.60 bits per heavy atom. The number of hydrogen-bond donors (Lipinski definition) is 1. The molecule has 1 N–H and O–H groups in total. The van der Waals surface area contributed by atoms with Gasteiger partial charge in [-0.25, -0.2) is 0 Å². The monoisotopic (exact) mass is 223 g/mol. The van der Waals surface area contributed by atoms with E-state index in [-0.39, 0.29) is 0 Å². The second kappa shape index (κ2) is 4.54. The number of rotatable bonds is 3. The van der Waals surface area contributed by atoms with Crippen LogP contribution in [0.15, 0.2) is 24.3 Å². The van der Waals surface area contributed by atoms with Crippen LogP contribution in [0, 0.1) is 0 Å². The molecule has 82 valence electrons. The van der Waals surface area contributed by atoms with Crippen molar-refractivity contribution in [2.75, 3.05) is 0 Å². The molecule has 15 heavy (non-hydrogen) atoms. The molecule has 0 atom stereocenters. The number of nitrogens with one attached hydrogen (secondary N) is 1. The van der Waals surface area contributed by atoms with E-state index in [9.17, 15) is 0 Å². The van der Waals surface area contributed by atoms with Crippen LogP contribution in [0.1, 0.15) is 38.2 Å². The Labute approximate surface area is 96.8 Å². The first kappa shape index (κ1) is 11.0. The van der Waals surface area contributed by atoms with Crippen molar-refractivity contribution in [1.29, 1.82) is 0 Å². The SMILES string of the molecule is CC1(NCc2ccccc2Cl)CCCC1. The number of hydrogen-bond acceptors (Lipinski definition) is 1. The first-order valence-corrected chi connectivity index (χ1v) is 6.06. The first-order valence-electron chi connectivity index (χ1n) is 5.68. The van der Waals surface area contributed by atoms with Gasteiger partial charge in [-0.2, -0.15) is 0 Å². The van der Waals surface area contributed by atoms with Crippen molar-refractivity contribution < 1.29 is 0 Å². The molecule has 1 fully saturated rings. The number of benzene rings is 1. The maximum absolute atomic E-state index is 6.12. The van der Waals surface area contributed by atoms with Crippen LogP contribution in [-0.2, 0) is 6.54 Å². The number of halogens is 1. The van der Waals surface area contributed by atoms with Gasteiger partial charge in [0.2, 0.25) is 0 Å². The van der Waals surface area contributed by atoms with Crippen molar-refractivity contribution in [3.8, 4) is 0 Å². The molecule has 2 heteroatoms. The molecule has 0 saturated heterocycles. The Morgan fingerprint density at radius 1 is 1.27 bits per heavy atom. The summed E-state index contributed by atoms with van der Waals surface area (Å²) < 4.78 is 0. The van der Waals surface area contributed by atoms with Crippen LogP contribution in [-0.4, -0.2) is 5.54 Å². The third-order valence-electron chi connectivity index (χ3n) is 3.37. The quantitative estimate of drug-likeness (QED) is 0.823. The average Bonchev–Trinajstić information content (AvgIpc) is 2.65. The molecule has 0 bridgehead atoms. The van der Waals surface area contributed by atoms with Crippen LogP contribution < -0.4 is 5.32 Å². The highest BCUT2D eigenvalue weighted by Crippen LogP contribution is 2.29. The standard InChI is InChI=1S/C13H18ClN/c1-13(8-4-5-9-13)15-10-11-6-2-3-7-12(11)14/h2-3,6-7,15H,4-5,8-10H2,1H3. The third-order valence-corrected chi connectivity index (χ3v) is 3.74. The summed E-state index contributed by atoms with van der Waals surface area (Å²) in [5, 5.41) is 4.50. The van der Waals surface area contributed by atoms with E-state index in [2.05, 4.69) is 18.3 Å². The summed E-state index contributed by atoms with van der Waals surface area (Å²) in [6.45, 7) is 3.20. The molecule has 1 saturated carbocycles. The highest BCUT2D eigenvalue weighted by molar-refractivity contribution is 6.31. The second-order valence-electron chi connectivity index (χ2n) is 4.71. The fourth-order valence-corrected chi connectivity index (χ4v) is 2.49. The van der Waals surface area contributed by atoms with Crippen LogP contribution in [0.25, 0.3) is 0 Å². The van der Waals surface area contributed by atoms with Crippen molar-refractivity contribution in [2.24, 2.45) is 0 Å². The van der Waals surface area contributed by atoms with Crippen molar-refractivity contribution in [2.45, 2.75) is 44.7 Å². The van der Waals surface area contributed by atoms with Gasteiger partial charge in [-0.1, -0.05) is 42.6 Å². The third kappa shape index (κ3) is 2.73.